The Morgan fingerprint density at radius 1 is 1.12 bits per heavy atom. The van der Waals surface area contributed by atoms with Crippen LogP contribution in [0, 0.1) is 5.92 Å². The van der Waals surface area contributed by atoms with Crippen LogP contribution < -0.4 is 4.74 Å². The van der Waals surface area contributed by atoms with E-state index in [4.69, 9.17) is 16.3 Å². The van der Waals surface area contributed by atoms with Crippen LogP contribution in [0.25, 0.3) is 6.08 Å². The first kappa shape index (κ1) is 18.5. The van der Waals surface area contributed by atoms with Crippen molar-refractivity contribution >= 4 is 23.5 Å². The molecule has 1 fully saturated rings. The molecule has 3 rings (SSSR count). The SMILES string of the molecule is O=C(/C=C/c1ccc(Cl)cc1)c1c(O)cccc1OCC1CCCCC1. The van der Waals surface area contributed by atoms with Crippen molar-refractivity contribution in [3.8, 4) is 11.5 Å². The summed E-state index contributed by atoms with van der Waals surface area (Å²) in [6.07, 6.45) is 9.26. The van der Waals surface area contributed by atoms with E-state index in [1.54, 1.807) is 30.3 Å². The number of hydrogen-bond donors (Lipinski definition) is 1. The summed E-state index contributed by atoms with van der Waals surface area (Å²) in [6, 6.07) is 12.2. The number of aromatic hydroxyl groups is 1. The van der Waals surface area contributed by atoms with Gasteiger partial charge in [-0.25, -0.2) is 0 Å². The van der Waals surface area contributed by atoms with E-state index in [9.17, 15) is 9.90 Å². The van der Waals surface area contributed by atoms with Gasteiger partial charge in [-0.05, 0) is 54.7 Å². The molecule has 0 bridgehead atoms. The molecule has 1 aliphatic carbocycles. The van der Waals surface area contributed by atoms with Crippen LogP contribution in [0.15, 0.2) is 48.5 Å². The van der Waals surface area contributed by atoms with Gasteiger partial charge in [0.1, 0.15) is 17.1 Å². The third kappa shape index (κ3) is 4.89. The van der Waals surface area contributed by atoms with E-state index in [0.29, 0.717) is 23.3 Å². The van der Waals surface area contributed by atoms with Gasteiger partial charge in [-0.2, -0.15) is 0 Å². The highest BCUT2D eigenvalue weighted by atomic mass is 35.5. The molecule has 0 spiro atoms. The van der Waals surface area contributed by atoms with E-state index < -0.39 is 0 Å². The lowest BCUT2D eigenvalue weighted by Crippen LogP contribution is -2.16. The number of allylic oxidation sites excluding steroid dienone is 1. The Bertz CT molecular complexity index is 774. The van der Waals surface area contributed by atoms with E-state index in [-0.39, 0.29) is 17.1 Å². The minimum Gasteiger partial charge on any atom is -0.507 e. The van der Waals surface area contributed by atoms with Gasteiger partial charge in [0.2, 0.25) is 0 Å². The summed E-state index contributed by atoms with van der Waals surface area (Å²) >= 11 is 5.87. The number of ether oxygens (including phenoxy) is 1. The first-order valence-electron chi connectivity index (χ1n) is 9.06. The Balaban J connectivity index is 1.73. The summed E-state index contributed by atoms with van der Waals surface area (Å²) in [4.78, 5) is 12.6. The van der Waals surface area contributed by atoms with Gasteiger partial charge < -0.3 is 9.84 Å². The first-order chi connectivity index (χ1) is 12.6. The maximum absolute atomic E-state index is 12.6. The molecule has 4 heteroatoms. The molecule has 0 saturated heterocycles. The van der Waals surface area contributed by atoms with Gasteiger partial charge in [-0.15, -0.1) is 0 Å². The van der Waals surface area contributed by atoms with Crippen molar-refractivity contribution in [2.75, 3.05) is 6.61 Å². The maximum Gasteiger partial charge on any atom is 0.193 e. The fourth-order valence-corrected chi connectivity index (χ4v) is 3.40. The predicted molar refractivity (Wildman–Crippen MR) is 105 cm³/mol. The van der Waals surface area contributed by atoms with Gasteiger partial charge in [0.25, 0.3) is 0 Å². The normalized spacial score (nSPS) is 15.3. The Labute approximate surface area is 159 Å². The molecule has 3 nitrogen and oxygen atoms in total. The zero-order chi connectivity index (χ0) is 18.4. The van der Waals surface area contributed by atoms with Crippen LogP contribution in [0.2, 0.25) is 5.02 Å². The van der Waals surface area contributed by atoms with Crippen LogP contribution in [0.1, 0.15) is 48.0 Å². The van der Waals surface area contributed by atoms with Crippen molar-refractivity contribution in [2.45, 2.75) is 32.1 Å². The molecular weight excluding hydrogens is 348 g/mol. The molecule has 26 heavy (non-hydrogen) atoms. The second-order valence-electron chi connectivity index (χ2n) is 6.71. The summed E-state index contributed by atoms with van der Waals surface area (Å²) < 4.78 is 5.91. The van der Waals surface area contributed by atoms with Crippen LogP contribution in [0.3, 0.4) is 0 Å². The zero-order valence-corrected chi connectivity index (χ0v) is 15.4. The number of hydrogen-bond acceptors (Lipinski definition) is 3. The van der Waals surface area contributed by atoms with Gasteiger partial charge in [-0.3, -0.25) is 4.79 Å². The van der Waals surface area contributed by atoms with E-state index in [0.717, 1.165) is 5.56 Å². The topological polar surface area (TPSA) is 46.5 Å². The summed E-state index contributed by atoms with van der Waals surface area (Å²) in [5.74, 6) is 0.633. The van der Waals surface area contributed by atoms with Gasteiger partial charge in [0.15, 0.2) is 5.78 Å². The molecule has 0 unspecified atom stereocenters. The second kappa shape index (κ2) is 8.91. The highest BCUT2D eigenvalue weighted by molar-refractivity contribution is 6.30. The quantitative estimate of drug-likeness (QED) is 0.508. The molecule has 0 aliphatic heterocycles. The van der Waals surface area contributed by atoms with Crippen LogP contribution in [-0.2, 0) is 0 Å². The Hall–Kier alpha value is -2.26. The number of halogens is 1. The van der Waals surface area contributed by atoms with Crippen LogP contribution >= 0.6 is 11.6 Å². The lowest BCUT2D eigenvalue weighted by Gasteiger charge is -2.22. The molecule has 0 atom stereocenters. The fraction of sp³-hybridized carbons (Fsp3) is 0.318. The van der Waals surface area contributed by atoms with E-state index in [1.807, 2.05) is 12.1 Å². The number of ketones is 1. The van der Waals surface area contributed by atoms with E-state index in [2.05, 4.69) is 0 Å². The molecular formula is C22H23ClO3. The third-order valence-electron chi connectivity index (χ3n) is 4.75. The van der Waals surface area contributed by atoms with Crippen LogP contribution in [0.5, 0.6) is 11.5 Å². The molecule has 1 N–H and O–H groups in total. The molecule has 0 amide bonds. The van der Waals surface area contributed by atoms with Crippen molar-refractivity contribution in [3.63, 3.8) is 0 Å². The van der Waals surface area contributed by atoms with Gasteiger partial charge in [0.05, 0.1) is 6.61 Å². The number of rotatable bonds is 6. The largest absolute Gasteiger partial charge is 0.507 e. The Kier molecular flexibility index (Phi) is 6.35. The smallest absolute Gasteiger partial charge is 0.193 e. The minimum atomic E-state index is -0.281. The van der Waals surface area contributed by atoms with E-state index >= 15 is 0 Å². The highest BCUT2D eigenvalue weighted by Gasteiger charge is 2.18. The monoisotopic (exact) mass is 370 g/mol. The minimum absolute atomic E-state index is 0.0584. The molecule has 136 valence electrons. The van der Waals surface area contributed by atoms with Gasteiger partial charge in [-0.1, -0.05) is 55.1 Å². The molecule has 0 heterocycles. The zero-order valence-electron chi connectivity index (χ0n) is 14.7. The summed E-state index contributed by atoms with van der Waals surface area (Å²) in [5, 5.41) is 10.8. The van der Waals surface area contributed by atoms with Crippen molar-refractivity contribution in [3.05, 3.63) is 64.7 Å². The lowest BCUT2D eigenvalue weighted by atomic mass is 9.90. The number of carbonyl (C=O) groups is 1. The molecule has 1 aliphatic rings. The third-order valence-corrected chi connectivity index (χ3v) is 5.00. The highest BCUT2D eigenvalue weighted by Crippen LogP contribution is 2.30. The van der Waals surface area contributed by atoms with Crippen LogP contribution in [-0.4, -0.2) is 17.5 Å². The van der Waals surface area contributed by atoms with Crippen molar-refractivity contribution in [1.82, 2.24) is 0 Å². The van der Waals surface area contributed by atoms with Crippen molar-refractivity contribution in [2.24, 2.45) is 5.92 Å². The van der Waals surface area contributed by atoms with Crippen molar-refractivity contribution in [1.29, 1.82) is 0 Å². The standard InChI is InChI=1S/C22H23ClO3/c23-18-12-9-16(10-13-18)11-14-20(25)22-19(24)7-4-8-21(22)26-15-17-5-2-1-3-6-17/h4,7-14,17,24H,1-3,5-6,15H2/b14-11+. The molecule has 2 aromatic rings. The lowest BCUT2D eigenvalue weighted by molar-refractivity contribution is 0.103. The second-order valence-corrected chi connectivity index (χ2v) is 7.15. The molecule has 1 saturated carbocycles. The van der Waals surface area contributed by atoms with Crippen molar-refractivity contribution < 1.29 is 14.6 Å². The fourth-order valence-electron chi connectivity index (χ4n) is 3.28. The number of carbonyl (C=O) groups excluding carboxylic acids is 1. The number of phenols is 1. The summed E-state index contributed by atoms with van der Waals surface area (Å²) in [5.41, 5.74) is 1.08. The van der Waals surface area contributed by atoms with Gasteiger partial charge >= 0.3 is 0 Å². The van der Waals surface area contributed by atoms with Crippen LogP contribution in [0.4, 0.5) is 0 Å². The molecule has 0 radical (unpaired) electrons. The van der Waals surface area contributed by atoms with Gasteiger partial charge in [0, 0.05) is 5.02 Å². The summed E-state index contributed by atoms with van der Waals surface area (Å²) in [6.45, 7) is 0.588. The van der Waals surface area contributed by atoms with E-state index in [1.165, 1.54) is 44.2 Å². The molecule has 2 aromatic carbocycles. The number of benzene rings is 2. The maximum atomic E-state index is 12.6. The number of phenolic OH excluding ortho intramolecular Hbond substituents is 1. The average Bonchev–Trinajstić information content (AvgIpc) is 2.66. The first-order valence-corrected chi connectivity index (χ1v) is 9.44. The Morgan fingerprint density at radius 3 is 2.58 bits per heavy atom. The Morgan fingerprint density at radius 2 is 1.85 bits per heavy atom. The predicted octanol–water partition coefficient (Wildman–Crippen LogP) is 5.90. The summed E-state index contributed by atoms with van der Waals surface area (Å²) in [7, 11) is 0. The molecule has 0 aromatic heterocycles. The average molecular weight is 371 g/mol.